The molecule has 4 rings (SSSR count). The zero-order chi connectivity index (χ0) is 25.8. The van der Waals surface area contributed by atoms with Crippen LogP contribution >= 0.6 is 0 Å². The van der Waals surface area contributed by atoms with Gasteiger partial charge in [-0.25, -0.2) is 0 Å². The van der Waals surface area contributed by atoms with Crippen LogP contribution in [0.15, 0.2) is 113 Å². The molecule has 6 nitrogen and oxygen atoms in total. The molecule has 0 saturated carbocycles. The highest BCUT2D eigenvalue weighted by atomic mass is 32.2. The fraction of sp³-hybridized carbons (Fsp3) is 0.143. The maximum atomic E-state index is 13.0. The minimum Gasteiger partial charge on any atom is -0.379 e. The smallest absolute Gasteiger partial charge is 0.339 e. The maximum Gasteiger partial charge on any atom is 0.339 e. The topological polar surface area (TPSA) is 97.7 Å². The summed E-state index contributed by atoms with van der Waals surface area (Å²) in [7, 11) is -8.45. The van der Waals surface area contributed by atoms with E-state index >= 15 is 0 Å². The third-order valence-electron chi connectivity index (χ3n) is 5.93. The molecule has 0 heterocycles. The fourth-order valence-electron chi connectivity index (χ4n) is 4.22. The molecular weight excluding hydrogens is 496 g/mol. The Morgan fingerprint density at radius 1 is 0.778 bits per heavy atom. The largest absolute Gasteiger partial charge is 0.379 e. The van der Waals surface area contributed by atoms with E-state index in [1.54, 1.807) is 48.5 Å². The molecule has 186 valence electrons. The first-order chi connectivity index (χ1) is 17.1. The van der Waals surface area contributed by atoms with E-state index < -0.39 is 20.2 Å². The molecule has 1 unspecified atom stereocenters. The molecule has 0 bridgehead atoms. The molecule has 8 heteroatoms. The average Bonchev–Trinajstić information content (AvgIpc) is 2.86. The molecular formula is C28H26O6S2. The number of hydrogen-bond donors (Lipinski definition) is 1. The molecule has 0 radical (unpaired) electrons. The SMILES string of the molecule is Cc1ccc(OS(=O)(=O)c2ccccc2)c(C(CCc2ccccc2S(=O)(=O)O)c2ccccc2)c1. The zero-order valence-electron chi connectivity index (χ0n) is 19.6. The van der Waals surface area contributed by atoms with Crippen molar-refractivity contribution in [1.82, 2.24) is 0 Å². The van der Waals surface area contributed by atoms with Crippen molar-refractivity contribution in [2.24, 2.45) is 0 Å². The van der Waals surface area contributed by atoms with Gasteiger partial charge in [-0.2, -0.15) is 16.8 Å². The van der Waals surface area contributed by atoms with E-state index in [4.69, 9.17) is 4.18 Å². The Labute approximate surface area is 212 Å². The molecule has 0 aromatic heterocycles. The Hall–Kier alpha value is -3.46. The van der Waals surface area contributed by atoms with Gasteiger partial charge in [-0.1, -0.05) is 84.4 Å². The molecule has 0 spiro atoms. The minimum atomic E-state index is -4.38. The summed E-state index contributed by atoms with van der Waals surface area (Å²) in [6, 6.07) is 29.1. The predicted molar refractivity (Wildman–Crippen MR) is 138 cm³/mol. The molecule has 4 aromatic rings. The number of aryl methyl sites for hydroxylation is 2. The van der Waals surface area contributed by atoms with E-state index in [0.717, 1.165) is 11.1 Å². The second kappa shape index (κ2) is 10.7. The van der Waals surface area contributed by atoms with E-state index in [1.165, 1.54) is 18.2 Å². The first-order valence-corrected chi connectivity index (χ1v) is 14.2. The van der Waals surface area contributed by atoms with Crippen molar-refractivity contribution in [2.75, 3.05) is 0 Å². The standard InChI is InChI=1S/C28H26O6S2/c1-21-16-19-27(34-36(32,33)24-13-6-3-7-14-24)26(20-21)25(22-10-4-2-5-11-22)18-17-23-12-8-9-15-28(23)35(29,30)31/h2-16,19-20,25H,17-18H2,1H3,(H,29,30,31). The molecule has 0 aliphatic heterocycles. The third kappa shape index (κ3) is 6.02. The number of benzene rings is 4. The van der Waals surface area contributed by atoms with E-state index in [2.05, 4.69) is 0 Å². The van der Waals surface area contributed by atoms with Gasteiger partial charge >= 0.3 is 10.1 Å². The lowest BCUT2D eigenvalue weighted by molar-refractivity contribution is 0.477. The number of rotatable bonds is 9. The van der Waals surface area contributed by atoms with Gasteiger partial charge < -0.3 is 4.18 Å². The summed E-state index contributed by atoms with van der Waals surface area (Å²) in [4.78, 5) is -0.0842. The minimum absolute atomic E-state index is 0.0508. The molecule has 36 heavy (non-hydrogen) atoms. The molecule has 0 amide bonds. The second-order valence-electron chi connectivity index (χ2n) is 8.48. The molecule has 1 atom stereocenters. The van der Waals surface area contributed by atoms with Gasteiger partial charge in [0.25, 0.3) is 10.1 Å². The summed E-state index contributed by atoms with van der Waals surface area (Å²) in [6.07, 6.45) is 0.774. The first kappa shape index (κ1) is 25.6. The van der Waals surface area contributed by atoms with E-state index in [9.17, 15) is 21.4 Å². The second-order valence-corrected chi connectivity index (χ2v) is 11.4. The van der Waals surface area contributed by atoms with Crippen molar-refractivity contribution in [3.63, 3.8) is 0 Å². The average molecular weight is 523 g/mol. The Morgan fingerprint density at radius 2 is 1.39 bits per heavy atom. The summed E-state index contributed by atoms with van der Waals surface area (Å²) < 4.78 is 65.1. The van der Waals surface area contributed by atoms with Crippen molar-refractivity contribution in [3.8, 4) is 5.75 Å². The quantitative estimate of drug-likeness (QED) is 0.221. The van der Waals surface area contributed by atoms with Crippen LogP contribution in [-0.2, 0) is 26.7 Å². The van der Waals surface area contributed by atoms with Gasteiger partial charge in [0.05, 0.1) is 4.90 Å². The van der Waals surface area contributed by atoms with Crippen LogP contribution in [0.25, 0.3) is 0 Å². The van der Waals surface area contributed by atoms with Crippen LogP contribution in [0.4, 0.5) is 0 Å². The van der Waals surface area contributed by atoms with Gasteiger partial charge in [-0.3, -0.25) is 4.55 Å². The summed E-state index contributed by atoms with van der Waals surface area (Å²) in [5.41, 5.74) is 3.00. The summed E-state index contributed by atoms with van der Waals surface area (Å²) in [5.74, 6) is -0.0945. The van der Waals surface area contributed by atoms with Gasteiger partial charge in [0, 0.05) is 11.5 Å². The highest BCUT2D eigenvalue weighted by Crippen LogP contribution is 2.37. The van der Waals surface area contributed by atoms with Crippen molar-refractivity contribution in [1.29, 1.82) is 0 Å². The number of hydrogen-bond acceptors (Lipinski definition) is 5. The van der Waals surface area contributed by atoms with E-state index in [1.807, 2.05) is 43.3 Å². The van der Waals surface area contributed by atoms with E-state index in [-0.39, 0.29) is 21.5 Å². The van der Waals surface area contributed by atoms with Crippen LogP contribution in [0.3, 0.4) is 0 Å². The molecule has 0 aliphatic carbocycles. The van der Waals surface area contributed by atoms with Crippen molar-refractivity contribution >= 4 is 20.2 Å². The van der Waals surface area contributed by atoms with Crippen molar-refractivity contribution in [3.05, 3.63) is 125 Å². The highest BCUT2D eigenvalue weighted by Gasteiger charge is 2.24. The molecule has 4 aromatic carbocycles. The van der Waals surface area contributed by atoms with Crippen LogP contribution in [-0.4, -0.2) is 21.4 Å². The monoisotopic (exact) mass is 522 g/mol. The van der Waals surface area contributed by atoms with Gasteiger partial charge in [0.15, 0.2) is 0 Å². The molecule has 0 aliphatic rings. The lowest BCUT2D eigenvalue weighted by atomic mass is 9.85. The summed E-state index contributed by atoms with van der Waals surface area (Å²) in [6.45, 7) is 1.91. The Morgan fingerprint density at radius 3 is 2.06 bits per heavy atom. The Bertz CT molecular complexity index is 1550. The van der Waals surface area contributed by atoms with Gasteiger partial charge in [-0.15, -0.1) is 0 Å². The maximum absolute atomic E-state index is 13.0. The van der Waals surface area contributed by atoms with Gasteiger partial charge in [0.2, 0.25) is 0 Å². The van der Waals surface area contributed by atoms with Crippen molar-refractivity contribution < 1.29 is 25.6 Å². The zero-order valence-corrected chi connectivity index (χ0v) is 21.2. The van der Waals surface area contributed by atoms with E-state index in [0.29, 0.717) is 24.0 Å². The summed E-state index contributed by atoms with van der Waals surface area (Å²) >= 11 is 0. The molecule has 0 fully saturated rings. The summed E-state index contributed by atoms with van der Waals surface area (Å²) in [5, 5.41) is 0. The Balaban J connectivity index is 1.76. The van der Waals surface area contributed by atoms with Crippen LogP contribution in [0, 0.1) is 6.92 Å². The Kier molecular flexibility index (Phi) is 7.59. The highest BCUT2D eigenvalue weighted by molar-refractivity contribution is 7.87. The first-order valence-electron chi connectivity index (χ1n) is 11.4. The van der Waals surface area contributed by atoms with Crippen LogP contribution in [0.2, 0.25) is 0 Å². The normalized spacial score (nSPS) is 12.7. The lowest BCUT2D eigenvalue weighted by Crippen LogP contribution is -2.13. The lowest BCUT2D eigenvalue weighted by Gasteiger charge is -2.22. The van der Waals surface area contributed by atoms with Crippen molar-refractivity contribution in [2.45, 2.75) is 35.5 Å². The third-order valence-corrected chi connectivity index (χ3v) is 8.13. The van der Waals surface area contributed by atoms with Gasteiger partial charge in [-0.05, 0) is 55.2 Å². The predicted octanol–water partition coefficient (Wildman–Crippen LogP) is 5.77. The van der Waals surface area contributed by atoms with Crippen LogP contribution < -0.4 is 4.18 Å². The van der Waals surface area contributed by atoms with Crippen LogP contribution in [0.1, 0.15) is 34.6 Å². The molecule has 0 saturated heterocycles. The van der Waals surface area contributed by atoms with Crippen LogP contribution in [0.5, 0.6) is 5.75 Å². The van der Waals surface area contributed by atoms with Gasteiger partial charge in [0.1, 0.15) is 10.6 Å². The fourth-order valence-corrected chi connectivity index (χ4v) is 5.95. The molecule has 1 N–H and O–H groups in total.